The van der Waals surface area contributed by atoms with Crippen LogP contribution in [0.2, 0.25) is 0 Å². The molecule has 0 saturated carbocycles. The van der Waals surface area contributed by atoms with Gasteiger partial charge in [-0.25, -0.2) is 0 Å². The summed E-state index contributed by atoms with van der Waals surface area (Å²) in [6, 6.07) is 8.78. The lowest BCUT2D eigenvalue weighted by Crippen LogP contribution is -2.21. The lowest BCUT2D eigenvalue weighted by molar-refractivity contribution is 1.07. The largest absolute Gasteiger partial charge is 0.351 e. The van der Waals surface area contributed by atoms with Crippen LogP contribution >= 0.6 is 51.1 Å². The Bertz CT molecular complexity index is 294. The van der Waals surface area contributed by atoms with Gasteiger partial charge in [0.25, 0.3) is 0 Å². The van der Waals surface area contributed by atoms with Gasteiger partial charge in [-0.3, -0.25) is 0 Å². The van der Waals surface area contributed by atoms with E-state index in [0.717, 1.165) is 11.8 Å². The summed E-state index contributed by atoms with van der Waals surface area (Å²) < 4.78 is 0. The highest BCUT2D eigenvalue weighted by Crippen LogP contribution is 2.51. The molecule has 0 aromatic heterocycles. The van der Waals surface area contributed by atoms with Crippen LogP contribution in [0.3, 0.4) is 0 Å². The quantitative estimate of drug-likeness (QED) is 0.661. The van der Waals surface area contributed by atoms with Gasteiger partial charge in [0.05, 0.1) is 11.8 Å². The van der Waals surface area contributed by atoms with Crippen molar-refractivity contribution in [1.29, 1.82) is 0 Å². The topological polar surface area (TPSA) is 3.24 Å². The van der Waals surface area contributed by atoms with Crippen molar-refractivity contribution in [2.75, 3.05) is 16.7 Å². The molecule has 1 nitrogen and oxygen atoms in total. The Balaban J connectivity index is 2.03. The number of anilines is 1. The number of aryl methyl sites for hydroxylation is 1. The molecule has 0 amide bonds. The molecule has 0 aliphatic carbocycles. The van der Waals surface area contributed by atoms with E-state index in [2.05, 4.69) is 36.1 Å². The fraction of sp³-hybridized carbons (Fsp3) is 0.333. The van der Waals surface area contributed by atoms with E-state index in [1.165, 1.54) is 11.3 Å². The summed E-state index contributed by atoms with van der Waals surface area (Å²) in [7, 11) is 9.41. The third-order valence-corrected chi connectivity index (χ3v) is 10.4. The zero-order valence-electron chi connectivity index (χ0n) is 8.21. The molecule has 1 heterocycles. The SMILES string of the molecule is Cc1ccc(N2CSSSSSC2)cc1. The van der Waals surface area contributed by atoms with Crippen molar-refractivity contribution in [3.63, 3.8) is 0 Å². The Labute approximate surface area is 109 Å². The fourth-order valence-electron chi connectivity index (χ4n) is 1.16. The van der Waals surface area contributed by atoms with Gasteiger partial charge in [-0.05, 0) is 48.5 Å². The van der Waals surface area contributed by atoms with Crippen molar-refractivity contribution in [2.45, 2.75) is 6.92 Å². The number of benzene rings is 1. The summed E-state index contributed by atoms with van der Waals surface area (Å²) >= 11 is 0. The molecule has 1 aliphatic rings. The number of rotatable bonds is 1. The molecule has 1 aliphatic heterocycles. The number of nitrogens with zero attached hydrogens (tertiary/aromatic N) is 1. The predicted octanol–water partition coefficient (Wildman–Crippen LogP) is 5.06. The average molecular weight is 294 g/mol. The minimum absolute atomic E-state index is 1.06. The van der Waals surface area contributed by atoms with Crippen molar-refractivity contribution < 1.29 is 0 Å². The molecule has 15 heavy (non-hydrogen) atoms. The van der Waals surface area contributed by atoms with Crippen LogP contribution in [0.4, 0.5) is 5.69 Å². The van der Waals surface area contributed by atoms with E-state index in [-0.39, 0.29) is 0 Å². The second-order valence-electron chi connectivity index (χ2n) is 3.07. The van der Waals surface area contributed by atoms with Crippen molar-refractivity contribution in [1.82, 2.24) is 0 Å². The van der Waals surface area contributed by atoms with Crippen LogP contribution in [0.25, 0.3) is 0 Å². The maximum Gasteiger partial charge on any atom is 0.0759 e. The summed E-state index contributed by atoms with van der Waals surface area (Å²) in [4.78, 5) is 2.41. The molecule has 1 aromatic carbocycles. The smallest absolute Gasteiger partial charge is 0.0759 e. The van der Waals surface area contributed by atoms with Crippen molar-refractivity contribution in [2.24, 2.45) is 0 Å². The summed E-state index contributed by atoms with van der Waals surface area (Å²) in [6.45, 7) is 2.13. The van der Waals surface area contributed by atoms with Crippen molar-refractivity contribution in [3.8, 4) is 0 Å². The van der Waals surface area contributed by atoms with E-state index in [0.29, 0.717) is 0 Å². The first kappa shape index (κ1) is 12.2. The molecule has 1 saturated heterocycles. The minimum atomic E-state index is 1.06. The van der Waals surface area contributed by atoms with Gasteiger partial charge in [0, 0.05) is 5.69 Å². The first-order valence-corrected chi connectivity index (χ1v) is 10.9. The Kier molecular flexibility index (Phi) is 5.29. The maximum absolute atomic E-state index is 2.41. The van der Waals surface area contributed by atoms with Crippen LogP contribution in [-0.2, 0) is 0 Å². The molecule has 82 valence electrons. The number of hydrogen-bond acceptors (Lipinski definition) is 6. The summed E-state index contributed by atoms with van der Waals surface area (Å²) in [6.07, 6.45) is 0. The Hall–Kier alpha value is 0.770. The van der Waals surface area contributed by atoms with E-state index in [4.69, 9.17) is 0 Å². The predicted molar refractivity (Wildman–Crippen MR) is 81.3 cm³/mol. The van der Waals surface area contributed by atoms with E-state index in [1.807, 2.05) is 51.1 Å². The second-order valence-corrected chi connectivity index (χ2v) is 10.8. The van der Waals surface area contributed by atoms with Crippen molar-refractivity contribution in [3.05, 3.63) is 29.8 Å². The minimum Gasteiger partial charge on any atom is -0.351 e. The molecule has 0 atom stereocenters. The molecule has 0 spiro atoms. The monoisotopic (exact) mass is 293 g/mol. The molecule has 0 radical (unpaired) electrons. The Morgan fingerprint density at radius 2 is 1.53 bits per heavy atom. The molecule has 2 rings (SSSR count). The normalized spacial score (nSPS) is 18.3. The van der Waals surface area contributed by atoms with Crippen molar-refractivity contribution >= 4 is 56.8 Å². The summed E-state index contributed by atoms with van der Waals surface area (Å²) in [5.74, 6) is 2.13. The average Bonchev–Trinajstić information content (AvgIpc) is 2.19. The van der Waals surface area contributed by atoms with Gasteiger partial charge in [0.2, 0.25) is 0 Å². The Morgan fingerprint density at radius 3 is 2.13 bits per heavy atom. The van der Waals surface area contributed by atoms with Gasteiger partial charge in [0.1, 0.15) is 0 Å². The van der Waals surface area contributed by atoms with Gasteiger partial charge >= 0.3 is 0 Å². The van der Waals surface area contributed by atoms with Crippen LogP contribution in [0, 0.1) is 6.92 Å². The first-order chi connectivity index (χ1) is 7.36. The Morgan fingerprint density at radius 1 is 0.933 bits per heavy atom. The zero-order chi connectivity index (χ0) is 10.5. The molecule has 0 N–H and O–H groups in total. The van der Waals surface area contributed by atoms with E-state index in [9.17, 15) is 0 Å². The van der Waals surface area contributed by atoms with Crippen LogP contribution in [0.5, 0.6) is 0 Å². The number of hydrogen-bond donors (Lipinski definition) is 0. The lowest BCUT2D eigenvalue weighted by atomic mass is 10.2. The van der Waals surface area contributed by atoms with Gasteiger partial charge in [0.15, 0.2) is 0 Å². The third kappa shape index (κ3) is 3.93. The molecule has 0 unspecified atom stereocenters. The molecule has 1 fully saturated rings. The second kappa shape index (κ2) is 6.49. The summed E-state index contributed by atoms with van der Waals surface area (Å²) in [5, 5.41) is 0. The van der Waals surface area contributed by atoms with Crippen LogP contribution in [0.15, 0.2) is 24.3 Å². The first-order valence-electron chi connectivity index (χ1n) is 4.42. The van der Waals surface area contributed by atoms with Crippen LogP contribution in [-0.4, -0.2) is 11.8 Å². The van der Waals surface area contributed by atoms with Crippen LogP contribution in [0.1, 0.15) is 5.56 Å². The molecule has 1 aromatic rings. The molecule has 6 heteroatoms. The fourth-order valence-corrected chi connectivity index (χ4v) is 9.78. The highest BCUT2D eigenvalue weighted by Gasteiger charge is 2.10. The van der Waals surface area contributed by atoms with Gasteiger partial charge in [-0.2, -0.15) is 0 Å². The zero-order valence-corrected chi connectivity index (χ0v) is 12.3. The highest BCUT2D eigenvalue weighted by atomic mass is 33.8. The van der Waals surface area contributed by atoms with E-state index in [1.54, 1.807) is 0 Å². The molecular formula is C9H11NS5. The molecular weight excluding hydrogens is 282 g/mol. The lowest BCUT2D eigenvalue weighted by Gasteiger charge is -2.24. The third-order valence-electron chi connectivity index (χ3n) is 1.97. The molecule has 0 bridgehead atoms. The maximum atomic E-state index is 2.41. The van der Waals surface area contributed by atoms with E-state index >= 15 is 0 Å². The van der Waals surface area contributed by atoms with E-state index < -0.39 is 0 Å². The highest BCUT2D eigenvalue weighted by molar-refractivity contribution is 9.35. The van der Waals surface area contributed by atoms with Crippen LogP contribution < -0.4 is 4.90 Å². The van der Waals surface area contributed by atoms with Gasteiger partial charge in [-0.15, -0.1) is 0 Å². The van der Waals surface area contributed by atoms with Gasteiger partial charge < -0.3 is 4.90 Å². The standard InChI is InChI=1S/C9H11NS5/c1-8-2-4-9(5-3-8)10-6-11-13-15-14-12-7-10/h2-5H,6-7H2,1H3. The summed E-state index contributed by atoms with van der Waals surface area (Å²) in [5.41, 5.74) is 2.65. The van der Waals surface area contributed by atoms with Gasteiger partial charge in [-0.1, -0.05) is 39.3 Å².